The van der Waals surface area contributed by atoms with Crippen molar-refractivity contribution in [2.45, 2.75) is 13.0 Å². The van der Waals surface area contributed by atoms with Gasteiger partial charge in [-0.25, -0.2) is 4.39 Å². The minimum atomic E-state index is -0.600. The first kappa shape index (κ1) is 11.6. The molecule has 0 saturated heterocycles. The third-order valence-electron chi connectivity index (χ3n) is 2.07. The van der Waals surface area contributed by atoms with E-state index in [1.165, 1.54) is 6.07 Å². The molecule has 1 aromatic carbocycles. The van der Waals surface area contributed by atoms with E-state index in [9.17, 15) is 9.50 Å². The van der Waals surface area contributed by atoms with Crippen molar-refractivity contribution in [1.29, 1.82) is 0 Å². The highest BCUT2D eigenvalue weighted by Gasteiger charge is 2.12. The van der Waals surface area contributed by atoms with Gasteiger partial charge in [-0.3, -0.25) is 0 Å². The summed E-state index contributed by atoms with van der Waals surface area (Å²) < 4.78 is 13.4. The van der Waals surface area contributed by atoms with Crippen molar-refractivity contribution in [3.63, 3.8) is 0 Å². The molecule has 0 fully saturated rings. The second-order valence-electron chi connectivity index (χ2n) is 3.20. The molecule has 0 saturated carbocycles. The summed E-state index contributed by atoms with van der Waals surface area (Å²) >= 11 is 3.09. The van der Waals surface area contributed by atoms with Gasteiger partial charge >= 0.3 is 0 Å². The molecular formula is C10H13BrFNO. The monoisotopic (exact) mass is 261 g/mol. The SMILES string of the molecule is CNCC(O)c1cc(Br)c(F)cc1C. The Balaban J connectivity index is 3.02. The Kier molecular flexibility index (Phi) is 4.04. The fraction of sp³-hybridized carbons (Fsp3) is 0.400. The zero-order valence-electron chi connectivity index (χ0n) is 8.14. The van der Waals surface area contributed by atoms with Gasteiger partial charge in [0, 0.05) is 6.54 Å². The summed E-state index contributed by atoms with van der Waals surface area (Å²) in [5.74, 6) is -0.303. The zero-order valence-corrected chi connectivity index (χ0v) is 9.73. The topological polar surface area (TPSA) is 32.3 Å². The lowest BCUT2D eigenvalue weighted by molar-refractivity contribution is 0.177. The highest BCUT2D eigenvalue weighted by Crippen LogP contribution is 2.24. The van der Waals surface area contributed by atoms with Gasteiger partial charge in [0.05, 0.1) is 10.6 Å². The van der Waals surface area contributed by atoms with Crippen molar-refractivity contribution >= 4 is 15.9 Å². The number of aliphatic hydroxyl groups excluding tert-OH is 1. The molecule has 0 spiro atoms. The highest BCUT2D eigenvalue weighted by atomic mass is 79.9. The fourth-order valence-electron chi connectivity index (χ4n) is 1.32. The van der Waals surface area contributed by atoms with Crippen LogP contribution in [-0.4, -0.2) is 18.7 Å². The van der Waals surface area contributed by atoms with Crippen molar-refractivity contribution in [2.75, 3.05) is 13.6 Å². The van der Waals surface area contributed by atoms with E-state index in [2.05, 4.69) is 21.2 Å². The van der Waals surface area contributed by atoms with Crippen LogP contribution in [0.15, 0.2) is 16.6 Å². The maximum Gasteiger partial charge on any atom is 0.137 e. The molecule has 0 radical (unpaired) electrons. The number of aliphatic hydroxyl groups is 1. The van der Waals surface area contributed by atoms with E-state index >= 15 is 0 Å². The van der Waals surface area contributed by atoms with Crippen molar-refractivity contribution < 1.29 is 9.50 Å². The predicted molar refractivity (Wildman–Crippen MR) is 57.7 cm³/mol. The number of likely N-dealkylation sites (N-methyl/N-ethyl adjacent to an activating group) is 1. The van der Waals surface area contributed by atoms with Crippen LogP contribution in [0, 0.1) is 12.7 Å². The second kappa shape index (κ2) is 4.87. The molecule has 0 aromatic heterocycles. The lowest BCUT2D eigenvalue weighted by Crippen LogP contribution is -2.17. The molecule has 2 nitrogen and oxygen atoms in total. The summed E-state index contributed by atoms with van der Waals surface area (Å²) in [7, 11) is 1.76. The lowest BCUT2D eigenvalue weighted by Gasteiger charge is -2.13. The van der Waals surface area contributed by atoms with Gasteiger partial charge in [-0.2, -0.15) is 0 Å². The molecule has 1 rings (SSSR count). The predicted octanol–water partition coefficient (Wildman–Crippen LogP) is 2.15. The minimum Gasteiger partial charge on any atom is -0.387 e. The van der Waals surface area contributed by atoms with E-state index in [4.69, 9.17) is 0 Å². The smallest absolute Gasteiger partial charge is 0.137 e. The number of nitrogens with one attached hydrogen (secondary N) is 1. The fourth-order valence-corrected chi connectivity index (χ4v) is 1.69. The number of aryl methyl sites for hydroxylation is 1. The molecule has 0 heterocycles. The standard InChI is InChI=1S/C10H13BrFNO/c1-6-3-9(12)8(11)4-7(6)10(14)5-13-2/h3-4,10,13-14H,5H2,1-2H3. The van der Waals surface area contributed by atoms with Crippen LogP contribution in [0.1, 0.15) is 17.2 Å². The van der Waals surface area contributed by atoms with Crippen molar-refractivity contribution in [2.24, 2.45) is 0 Å². The van der Waals surface area contributed by atoms with Crippen LogP contribution in [0.5, 0.6) is 0 Å². The first-order valence-electron chi connectivity index (χ1n) is 4.34. The van der Waals surface area contributed by atoms with Gasteiger partial charge in [-0.05, 0) is 53.2 Å². The molecule has 4 heteroatoms. The van der Waals surface area contributed by atoms with E-state index in [-0.39, 0.29) is 5.82 Å². The van der Waals surface area contributed by atoms with Crippen molar-refractivity contribution in [3.8, 4) is 0 Å². The second-order valence-corrected chi connectivity index (χ2v) is 4.05. The summed E-state index contributed by atoms with van der Waals surface area (Å²) in [6.45, 7) is 2.24. The van der Waals surface area contributed by atoms with Crippen LogP contribution in [0.4, 0.5) is 4.39 Å². The number of rotatable bonds is 3. The van der Waals surface area contributed by atoms with Crippen LogP contribution in [0.3, 0.4) is 0 Å². The summed E-state index contributed by atoms with van der Waals surface area (Å²) in [6, 6.07) is 3.03. The molecule has 2 N–H and O–H groups in total. The zero-order chi connectivity index (χ0) is 10.7. The molecule has 0 aliphatic carbocycles. The molecule has 78 valence electrons. The quantitative estimate of drug-likeness (QED) is 0.874. The Bertz CT molecular complexity index is 330. The highest BCUT2D eigenvalue weighted by molar-refractivity contribution is 9.10. The molecule has 0 bridgehead atoms. The lowest BCUT2D eigenvalue weighted by atomic mass is 10.0. The van der Waals surface area contributed by atoms with Gasteiger partial charge in [0.25, 0.3) is 0 Å². The van der Waals surface area contributed by atoms with Crippen LogP contribution >= 0.6 is 15.9 Å². The third kappa shape index (κ3) is 2.53. The van der Waals surface area contributed by atoms with Crippen LogP contribution in [0.25, 0.3) is 0 Å². The van der Waals surface area contributed by atoms with Crippen LogP contribution < -0.4 is 5.32 Å². The molecule has 14 heavy (non-hydrogen) atoms. The normalized spacial score (nSPS) is 12.9. The Morgan fingerprint density at radius 3 is 2.79 bits per heavy atom. The third-order valence-corrected chi connectivity index (χ3v) is 2.67. The first-order valence-corrected chi connectivity index (χ1v) is 5.13. The number of benzene rings is 1. The average molecular weight is 262 g/mol. The van der Waals surface area contributed by atoms with E-state index in [0.717, 1.165) is 11.1 Å². The van der Waals surface area contributed by atoms with Crippen molar-refractivity contribution in [1.82, 2.24) is 5.32 Å². The molecule has 0 amide bonds. The Morgan fingerprint density at radius 1 is 1.57 bits per heavy atom. The van der Waals surface area contributed by atoms with Gasteiger partial charge in [0.1, 0.15) is 5.82 Å². The molecule has 1 unspecified atom stereocenters. The minimum absolute atomic E-state index is 0.303. The molecule has 0 aliphatic rings. The van der Waals surface area contributed by atoms with Crippen molar-refractivity contribution in [3.05, 3.63) is 33.5 Å². The number of hydrogen-bond donors (Lipinski definition) is 2. The summed E-state index contributed by atoms with van der Waals surface area (Å²) in [5, 5.41) is 12.6. The largest absolute Gasteiger partial charge is 0.387 e. The van der Waals surface area contributed by atoms with Crippen LogP contribution in [0.2, 0.25) is 0 Å². The van der Waals surface area contributed by atoms with Gasteiger partial charge in [0.15, 0.2) is 0 Å². The summed E-state index contributed by atoms with van der Waals surface area (Å²) in [6.07, 6.45) is -0.600. The molecule has 1 atom stereocenters. The summed E-state index contributed by atoms with van der Waals surface area (Å²) in [5.41, 5.74) is 1.50. The number of halogens is 2. The van der Waals surface area contributed by atoms with E-state index in [0.29, 0.717) is 11.0 Å². The first-order chi connectivity index (χ1) is 6.56. The van der Waals surface area contributed by atoms with E-state index in [1.807, 2.05) is 0 Å². The van der Waals surface area contributed by atoms with Gasteiger partial charge in [0.2, 0.25) is 0 Å². The Hall–Kier alpha value is -0.450. The van der Waals surface area contributed by atoms with Gasteiger partial charge in [-0.1, -0.05) is 0 Å². The number of hydrogen-bond acceptors (Lipinski definition) is 2. The van der Waals surface area contributed by atoms with Crippen LogP contribution in [-0.2, 0) is 0 Å². The van der Waals surface area contributed by atoms with E-state index < -0.39 is 6.10 Å². The Labute approximate surface area is 91.3 Å². The summed E-state index contributed by atoms with van der Waals surface area (Å²) in [4.78, 5) is 0. The maximum absolute atomic E-state index is 13.1. The molecule has 0 aliphatic heterocycles. The van der Waals surface area contributed by atoms with E-state index in [1.54, 1.807) is 20.0 Å². The average Bonchev–Trinajstić information content (AvgIpc) is 2.11. The molecular weight excluding hydrogens is 249 g/mol. The Morgan fingerprint density at radius 2 is 2.21 bits per heavy atom. The maximum atomic E-state index is 13.1. The van der Waals surface area contributed by atoms with Gasteiger partial charge < -0.3 is 10.4 Å². The molecule has 1 aromatic rings. The van der Waals surface area contributed by atoms with Gasteiger partial charge in [-0.15, -0.1) is 0 Å².